The molecule has 4 rings (SSSR count). The second kappa shape index (κ2) is 12.9. The number of hydrogen-bond acceptors (Lipinski definition) is 10. The third-order valence-corrected chi connectivity index (χ3v) is 12.0. The van der Waals surface area contributed by atoms with Crippen LogP contribution in [0.2, 0.25) is 0 Å². The summed E-state index contributed by atoms with van der Waals surface area (Å²) in [5, 5.41) is 14.7. The molecule has 3 fully saturated rings. The number of anilines is 2. The molecule has 1 aromatic heterocycles. The van der Waals surface area contributed by atoms with Crippen LogP contribution < -0.4 is 11.1 Å². The highest BCUT2D eigenvalue weighted by atomic mass is 32.2. The maximum absolute atomic E-state index is 13.6. The number of carbonyl (C=O) groups excluding carboxylic acids is 3. The number of nitrogens with two attached hydrogens (primary N) is 1. The molecule has 0 aliphatic heterocycles. The Kier molecular flexibility index (Phi) is 9.98. The van der Waals surface area contributed by atoms with Crippen LogP contribution in [0.15, 0.2) is 23.9 Å². The summed E-state index contributed by atoms with van der Waals surface area (Å²) in [4.78, 5) is 50.1. The van der Waals surface area contributed by atoms with Crippen LogP contribution in [-0.4, -0.2) is 75.2 Å². The summed E-state index contributed by atoms with van der Waals surface area (Å²) in [6.07, 6.45) is 3.88. The molecule has 0 saturated heterocycles. The molecule has 238 valence electrons. The van der Waals surface area contributed by atoms with E-state index in [0.29, 0.717) is 12.8 Å². The first kappa shape index (κ1) is 33.4. The Bertz CT molecular complexity index is 1240. The van der Waals surface area contributed by atoms with Crippen molar-refractivity contribution in [2.45, 2.75) is 91.0 Å². The van der Waals surface area contributed by atoms with Crippen LogP contribution in [-0.2, 0) is 19.1 Å². The number of likely N-dealkylation sites (N-methyl/N-ethyl adjacent to an activating group) is 1. The minimum Gasteiger partial charge on any atom is -0.461 e. The van der Waals surface area contributed by atoms with Crippen LogP contribution in [0.25, 0.3) is 0 Å². The highest BCUT2D eigenvalue weighted by Crippen LogP contribution is 2.68. The summed E-state index contributed by atoms with van der Waals surface area (Å²) in [5.74, 6) is -0.317. The summed E-state index contributed by atoms with van der Waals surface area (Å²) in [7, 11) is 0. The molecule has 0 radical (unpaired) electrons. The maximum Gasteiger partial charge on any atom is 0.316 e. The van der Waals surface area contributed by atoms with Crippen molar-refractivity contribution < 1.29 is 24.2 Å². The predicted molar refractivity (Wildman–Crippen MR) is 168 cm³/mol. The van der Waals surface area contributed by atoms with E-state index in [1.165, 1.54) is 6.07 Å². The maximum atomic E-state index is 13.6. The van der Waals surface area contributed by atoms with Crippen molar-refractivity contribution in [3.63, 3.8) is 0 Å². The van der Waals surface area contributed by atoms with Crippen molar-refractivity contribution >= 4 is 41.1 Å². The lowest BCUT2D eigenvalue weighted by Crippen LogP contribution is -2.63. The molecule has 0 spiro atoms. The molecule has 2 bridgehead atoms. The highest BCUT2D eigenvalue weighted by Gasteiger charge is 2.68. The van der Waals surface area contributed by atoms with E-state index >= 15 is 0 Å². The van der Waals surface area contributed by atoms with E-state index in [1.807, 2.05) is 25.7 Å². The molecule has 0 aromatic carbocycles. The zero-order chi connectivity index (χ0) is 31.7. The molecular formula is C32H49N5O5S. The van der Waals surface area contributed by atoms with Gasteiger partial charge in [-0.25, -0.2) is 9.97 Å². The fourth-order valence-electron chi connectivity index (χ4n) is 8.22. The number of thioether (sulfide) groups is 1. The van der Waals surface area contributed by atoms with E-state index < -0.39 is 29.0 Å². The Balaban J connectivity index is 1.54. The average molecular weight is 616 g/mol. The molecule has 8 atom stereocenters. The fourth-order valence-corrected chi connectivity index (χ4v) is 8.87. The van der Waals surface area contributed by atoms with Crippen molar-refractivity contribution in [2.75, 3.05) is 36.4 Å². The van der Waals surface area contributed by atoms with Crippen molar-refractivity contribution in [1.82, 2.24) is 14.9 Å². The van der Waals surface area contributed by atoms with Gasteiger partial charge in [-0.3, -0.25) is 19.3 Å². The first-order valence-electron chi connectivity index (χ1n) is 15.6. The molecular weight excluding hydrogens is 566 g/mol. The number of esters is 1. The molecule has 11 heteroatoms. The van der Waals surface area contributed by atoms with Crippen LogP contribution in [0.3, 0.4) is 0 Å². The number of rotatable bonds is 10. The topological polar surface area (TPSA) is 148 Å². The van der Waals surface area contributed by atoms with Crippen LogP contribution >= 0.6 is 11.8 Å². The quantitative estimate of drug-likeness (QED) is 0.150. The number of nitrogens with zero attached hydrogens (tertiary/aromatic N) is 3. The van der Waals surface area contributed by atoms with Crippen molar-refractivity contribution in [2.24, 2.45) is 34.0 Å². The number of hydrogen-bond donors (Lipinski definition) is 3. The van der Waals surface area contributed by atoms with Gasteiger partial charge in [-0.1, -0.05) is 59.4 Å². The largest absolute Gasteiger partial charge is 0.461 e. The van der Waals surface area contributed by atoms with E-state index in [9.17, 15) is 19.5 Å². The number of aromatic nitrogens is 2. The molecule has 3 aliphatic carbocycles. The number of ketones is 1. The van der Waals surface area contributed by atoms with Crippen molar-refractivity contribution in [3.8, 4) is 0 Å². The smallest absolute Gasteiger partial charge is 0.316 e. The summed E-state index contributed by atoms with van der Waals surface area (Å²) in [6.45, 7) is 18.1. The third-order valence-electron chi connectivity index (χ3n) is 11.1. The first-order chi connectivity index (χ1) is 20.2. The van der Waals surface area contributed by atoms with Crippen LogP contribution in [0.5, 0.6) is 0 Å². The molecule has 3 aliphatic rings. The third kappa shape index (κ3) is 6.22. The molecule has 0 unspecified atom stereocenters. The van der Waals surface area contributed by atoms with Crippen LogP contribution in [0.1, 0.15) is 73.6 Å². The summed E-state index contributed by atoms with van der Waals surface area (Å²) in [5.41, 5.74) is 4.38. The zero-order valence-electron chi connectivity index (χ0n) is 26.5. The van der Waals surface area contributed by atoms with Gasteiger partial charge >= 0.3 is 5.97 Å². The van der Waals surface area contributed by atoms with Gasteiger partial charge < -0.3 is 20.9 Å². The summed E-state index contributed by atoms with van der Waals surface area (Å²) >= 11 is 1.08. The van der Waals surface area contributed by atoms with Crippen LogP contribution in [0, 0.1) is 34.0 Å². The van der Waals surface area contributed by atoms with Gasteiger partial charge in [0.1, 0.15) is 23.5 Å². The second-order valence-electron chi connectivity index (χ2n) is 13.3. The molecule has 1 amide bonds. The summed E-state index contributed by atoms with van der Waals surface area (Å²) in [6, 6.07) is 1.48. The molecule has 1 aromatic rings. The lowest BCUT2D eigenvalue weighted by Gasteiger charge is -2.61. The number of Topliss-reactive ketones (excluding diaryl/α,β-unsaturated/α-hetero) is 1. The monoisotopic (exact) mass is 615 g/mol. The molecule has 43 heavy (non-hydrogen) atoms. The Morgan fingerprint density at radius 3 is 2.60 bits per heavy atom. The van der Waals surface area contributed by atoms with Gasteiger partial charge in [0.05, 0.1) is 18.4 Å². The Hall–Kier alpha value is -2.50. The summed E-state index contributed by atoms with van der Waals surface area (Å²) < 4.78 is 6.30. The lowest BCUT2D eigenvalue weighted by molar-refractivity contribution is -0.205. The standard InChI is InChI=1S/C32H49N5O5S/c1-8-30(6)16-22(31(7)19(4)11-13-32(20(5)28(30)41)14-12-21(38)27(31)32)42-26(40)18-43-29-34-23(33)15-24(36-29)35-25(39)17-37(9-2)10-3/h8,15,19-20,22,27-28,41H,1,9-14,16-18H2,2-7H3,(H3,33,34,35,36,39)/t19-,20+,22-,27+,28+,30-,31+,32+/m1/s1. The number of amides is 1. The number of ether oxygens (including phenoxy) is 1. The van der Waals surface area contributed by atoms with Gasteiger partial charge in [0, 0.05) is 29.2 Å². The van der Waals surface area contributed by atoms with Crippen molar-refractivity contribution in [3.05, 3.63) is 18.7 Å². The van der Waals surface area contributed by atoms with Crippen molar-refractivity contribution in [1.29, 1.82) is 0 Å². The number of carbonyl (C=O) groups is 3. The van der Waals surface area contributed by atoms with Crippen LogP contribution in [0.4, 0.5) is 11.6 Å². The van der Waals surface area contributed by atoms with Gasteiger partial charge in [-0.15, -0.1) is 6.58 Å². The Labute approximate surface area is 260 Å². The van der Waals surface area contributed by atoms with Gasteiger partial charge in [-0.05, 0) is 56.0 Å². The van der Waals surface area contributed by atoms with E-state index in [0.717, 1.165) is 44.1 Å². The van der Waals surface area contributed by atoms with Gasteiger partial charge in [-0.2, -0.15) is 0 Å². The highest BCUT2D eigenvalue weighted by molar-refractivity contribution is 7.99. The predicted octanol–water partition coefficient (Wildman–Crippen LogP) is 4.34. The van der Waals surface area contributed by atoms with Gasteiger partial charge in [0.25, 0.3) is 0 Å². The van der Waals surface area contributed by atoms with E-state index in [-0.39, 0.29) is 63.9 Å². The molecule has 3 saturated carbocycles. The second-order valence-corrected chi connectivity index (χ2v) is 14.3. The number of aliphatic hydroxyl groups excluding tert-OH is 1. The fraction of sp³-hybridized carbons (Fsp3) is 0.719. The van der Waals surface area contributed by atoms with E-state index in [2.05, 4.69) is 42.6 Å². The average Bonchev–Trinajstić information content (AvgIpc) is 3.32. The molecule has 1 heterocycles. The Morgan fingerprint density at radius 1 is 1.26 bits per heavy atom. The normalized spacial score (nSPS) is 35.5. The molecule has 4 N–H and O–H groups in total. The number of aliphatic hydroxyl groups is 1. The number of nitrogens with one attached hydrogen (secondary N) is 1. The Morgan fingerprint density at radius 2 is 1.95 bits per heavy atom. The minimum atomic E-state index is -0.719. The first-order valence-corrected chi connectivity index (χ1v) is 16.6. The minimum absolute atomic E-state index is 0.0786. The SMILES string of the molecule is C=C[C@]1(C)C[C@@H](OC(=O)CSc2nc(N)cc(NC(=O)CN(CC)CC)n2)[C@]2(C)[C@H](C)CC[C@]3(CCC(=O)[C@H]32)[C@@H](C)[C@@H]1O. The lowest BCUT2D eigenvalue weighted by atomic mass is 9.44. The number of nitrogen functional groups attached to an aromatic ring is 1. The molecule has 10 nitrogen and oxygen atoms in total. The van der Waals surface area contributed by atoms with Gasteiger partial charge in [0.15, 0.2) is 5.16 Å². The van der Waals surface area contributed by atoms with E-state index in [4.69, 9.17) is 10.5 Å². The van der Waals surface area contributed by atoms with E-state index in [1.54, 1.807) is 6.08 Å². The van der Waals surface area contributed by atoms with Gasteiger partial charge in [0.2, 0.25) is 5.91 Å². The zero-order valence-corrected chi connectivity index (χ0v) is 27.3.